The Morgan fingerprint density at radius 1 is 1.11 bits per heavy atom. The number of hydrogen-bond acceptors (Lipinski definition) is 4. The predicted octanol–water partition coefficient (Wildman–Crippen LogP) is 0.943. The van der Waals surface area contributed by atoms with E-state index < -0.39 is 34.3 Å². The second kappa shape index (κ2) is 2.82. The van der Waals surface area contributed by atoms with Gasteiger partial charge >= 0.3 is 61.5 Å². The quantitative estimate of drug-likeness (QED) is 0.709. The summed E-state index contributed by atoms with van der Waals surface area (Å²) in [6.45, 7) is 0. The maximum absolute atomic E-state index is 10.0. The van der Waals surface area contributed by atoms with E-state index in [1.165, 1.54) is 0 Å². The SMILES string of the molecule is [CH3][Sn]([CH3])([CH3])[O][Tc](=[O])(=[O])=[O]. The molecule has 0 aromatic heterocycles. The van der Waals surface area contributed by atoms with E-state index in [0.29, 0.717) is 0 Å². The summed E-state index contributed by atoms with van der Waals surface area (Å²) in [7, 11) is 0. The molecule has 0 atom stereocenters. The fourth-order valence-corrected chi connectivity index (χ4v) is 11.3. The summed E-state index contributed by atoms with van der Waals surface area (Å²) in [4.78, 5) is 5.17. The molecule has 6 heteroatoms. The molecule has 0 aliphatic carbocycles. The Labute approximate surface area is 61.2 Å². The van der Waals surface area contributed by atoms with Crippen LogP contribution >= 0.6 is 0 Å². The maximum atomic E-state index is 10.0. The first-order valence-corrected chi connectivity index (χ1v) is 15.1. The second-order valence-corrected chi connectivity index (χ2v) is 19.5. The van der Waals surface area contributed by atoms with E-state index in [4.69, 9.17) is 0 Å². The van der Waals surface area contributed by atoms with Crippen molar-refractivity contribution >= 4 is 18.8 Å². The van der Waals surface area contributed by atoms with E-state index in [9.17, 15) is 10.5 Å². The van der Waals surface area contributed by atoms with Crippen LogP contribution in [0.15, 0.2) is 0 Å². The van der Waals surface area contributed by atoms with Gasteiger partial charge < -0.3 is 0 Å². The fourth-order valence-electron chi connectivity index (χ4n) is 0.283. The zero-order valence-electron chi connectivity index (χ0n) is 5.51. The molecular formula is C3H9O4SnTc. The molecule has 0 aliphatic rings. The monoisotopic (exact) mass is 326 g/mol. The van der Waals surface area contributed by atoms with Gasteiger partial charge in [-0.1, -0.05) is 0 Å². The van der Waals surface area contributed by atoms with Crippen LogP contribution in [0.1, 0.15) is 0 Å². The van der Waals surface area contributed by atoms with Crippen LogP contribution in [-0.4, -0.2) is 18.8 Å². The van der Waals surface area contributed by atoms with E-state index in [1.54, 1.807) is 14.8 Å². The van der Waals surface area contributed by atoms with E-state index >= 15 is 0 Å². The Balaban J connectivity index is 4.26. The molecule has 0 N–H and O–H groups in total. The summed E-state index contributed by atoms with van der Waals surface area (Å²) in [5.74, 6) is 0. The van der Waals surface area contributed by atoms with Crippen LogP contribution in [0.25, 0.3) is 0 Å². The summed E-state index contributed by atoms with van der Waals surface area (Å²) < 4.78 is 34.4. The summed E-state index contributed by atoms with van der Waals surface area (Å²) in [6, 6.07) is 0. The number of rotatable bonds is 2. The molecule has 0 aromatic carbocycles. The molecule has 0 fully saturated rings. The van der Waals surface area contributed by atoms with Gasteiger partial charge in [-0.25, -0.2) is 0 Å². The van der Waals surface area contributed by atoms with Gasteiger partial charge in [-0.3, -0.25) is 0 Å². The van der Waals surface area contributed by atoms with Crippen molar-refractivity contribution in [3.63, 3.8) is 0 Å². The molecule has 4 nitrogen and oxygen atoms in total. The van der Waals surface area contributed by atoms with Gasteiger partial charge in [0.1, 0.15) is 0 Å². The van der Waals surface area contributed by atoms with E-state index in [2.05, 4.69) is 1.83 Å². The van der Waals surface area contributed by atoms with Crippen LogP contribution in [0, 0.1) is 0 Å². The third-order valence-electron chi connectivity index (χ3n) is 0.326. The van der Waals surface area contributed by atoms with Crippen LogP contribution in [-0.2, 0) is 27.9 Å². The zero-order valence-corrected chi connectivity index (χ0v) is 10.2. The van der Waals surface area contributed by atoms with Gasteiger partial charge in [0.25, 0.3) is 0 Å². The summed E-state index contributed by atoms with van der Waals surface area (Å²) in [6.07, 6.45) is 0. The molecule has 0 amide bonds. The molecule has 0 rings (SSSR count). The first-order valence-electron chi connectivity index (χ1n) is 2.32. The first kappa shape index (κ1) is 9.81. The first-order chi connectivity index (χ1) is 3.71. The van der Waals surface area contributed by atoms with Crippen LogP contribution in [0.3, 0.4) is 0 Å². The van der Waals surface area contributed by atoms with Crippen molar-refractivity contribution in [2.24, 2.45) is 0 Å². The Bertz CT molecular complexity index is 212. The predicted molar refractivity (Wildman–Crippen MR) is 26.5 cm³/mol. The van der Waals surface area contributed by atoms with Crippen molar-refractivity contribution < 1.29 is 27.9 Å². The molecule has 0 aromatic rings. The molecule has 0 aliphatic heterocycles. The molecule has 0 radical (unpaired) electrons. The molecular weight excluding hydrogens is 317 g/mol. The van der Waals surface area contributed by atoms with Crippen LogP contribution in [0.4, 0.5) is 0 Å². The summed E-state index contributed by atoms with van der Waals surface area (Å²) in [5.41, 5.74) is 0. The van der Waals surface area contributed by atoms with Crippen molar-refractivity contribution in [1.29, 1.82) is 0 Å². The molecule has 0 saturated carbocycles. The minimum absolute atomic E-state index is 1.72. The topological polar surface area (TPSA) is 60.4 Å². The second-order valence-electron chi connectivity index (χ2n) is 2.57. The Kier molecular flexibility index (Phi) is 3.07. The van der Waals surface area contributed by atoms with Gasteiger partial charge in [0.2, 0.25) is 0 Å². The molecule has 0 spiro atoms. The Morgan fingerprint density at radius 3 is 1.44 bits per heavy atom. The summed E-state index contributed by atoms with van der Waals surface area (Å²) >= 11 is -8.13. The van der Waals surface area contributed by atoms with Gasteiger partial charge in [-0.2, -0.15) is 0 Å². The van der Waals surface area contributed by atoms with Crippen LogP contribution in [0.2, 0.25) is 14.8 Å². The molecule has 0 saturated heterocycles. The van der Waals surface area contributed by atoms with Crippen LogP contribution in [0.5, 0.6) is 0 Å². The Morgan fingerprint density at radius 2 is 1.44 bits per heavy atom. The molecule has 0 heterocycles. The van der Waals surface area contributed by atoms with Gasteiger partial charge in [0.05, 0.1) is 0 Å². The fraction of sp³-hybridized carbons (Fsp3) is 1.00. The molecule has 56 valence electrons. The van der Waals surface area contributed by atoms with Crippen molar-refractivity contribution in [2.75, 3.05) is 0 Å². The summed E-state index contributed by atoms with van der Waals surface area (Å²) in [5, 5.41) is 0. The van der Waals surface area contributed by atoms with Crippen molar-refractivity contribution in [1.82, 2.24) is 0 Å². The Hall–Kier alpha value is 0.808. The standard InChI is InChI=1S/3CH3.4O.Sn.Tc/h3*1H3;;;;;;. The van der Waals surface area contributed by atoms with E-state index in [1.807, 2.05) is 0 Å². The zero-order chi connectivity index (χ0) is 7.71. The van der Waals surface area contributed by atoms with Crippen molar-refractivity contribution in [2.45, 2.75) is 14.8 Å². The van der Waals surface area contributed by atoms with Crippen LogP contribution < -0.4 is 0 Å². The van der Waals surface area contributed by atoms with Gasteiger partial charge in [-0.05, 0) is 0 Å². The van der Waals surface area contributed by atoms with E-state index in [-0.39, 0.29) is 0 Å². The molecule has 9 heavy (non-hydrogen) atoms. The third kappa shape index (κ3) is 8.81. The molecule has 0 unspecified atom stereocenters. The van der Waals surface area contributed by atoms with Crippen molar-refractivity contribution in [3.8, 4) is 0 Å². The van der Waals surface area contributed by atoms with E-state index in [0.717, 1.165) is 0 Å². The average molecular weight is 326 g/mol. The minimum atomic E-state index is -5.33. The van der Waals surface area contributed by atoms with Crippen molar-refractivity contribution in [3.05, 3.63) is 0 Å². The van der Waals surface area contributed by atoms with Gasteiger partial charge in [-0.15, -0.1) is 0 Å². The van der Waals surface area contributed by atoms with Gasteiger partial charge in [0, 0.05) is 0 Å². The average Bonchev–Trinajstić information content (AvgIpc) is 1.14. The third-order valence-corrected chi connectivity index (χ3v) is 12.9. The molecule has 0 bridgehead atoms. The normalized spacial score (nSPS) is 13.7. The van der Waals surface area contributed by atoms with Gasteiger partial charge in [0.15, 0.2) is 0 Å². The number of hydrogen-bond donors (Lipinski definition) is 0.